The van der Waals surface area contributed by atoms with Gasteiger partial charge in [0.25, 0.3) is 0 Å². The van der Waals surface area contributed by atoms with Crippen LogP contribution in [0.2, 0.25) is 0 Å². The number of aryl methyl sites for hydroxylation is 2. The quantitative estimate of drug-likeness (QED) is 0.648. The van der Waals surface area contributed by atoms with Crippen molar-refractivity contribution in [2.75, 3.05) is 36.0 Å². The van der Waals surface area contributed by atoms with Gasteiger partial charge in [-0.25, -0.2) is 0 Å². The molecule has 0 aliphatic rings. The molecule has 2 rings (SSSR count). The highest BCUT2D eigenvalue weighted by Gasteiger charge is 2.10. The SMILES string of the molecule is CCN(CC)c1ccc(-c2ccc(N(CC)CC)cc2C)c(C)c1. The number of anilines is 2. The standard InChI is InChI=1S/C22H32N2/c1-7-23(8-2)19-11-13-21(17(5)15-19)22-14-12-20(16-18(22)6)24(9-3)10-4/h11-16H,7-10H2,1-6H3. The van der Waals surface area contributed by atoms with E-state index in [9.17, 15) is 0 Å². The minimum absolute atomic E-state index is 1.05. The van der Waals surface area contributed by atoms with Crippen LogP contribution in [0.1, 0.15) is 38.8 Å². The van der Waals surface area contributed by atoms with Crippen LogP contribution in [-0.4, -0.2) is 26.2 Å². The highest BCUT2D eigenvalue weighted by molar-refractivity contribution is 5.75. The number of nitrogens with zero attached hydrogens (tertiary/aromatic N) is 2. The van der Waals surface area contributed by atoms with Crippen molar-refractivity contribution in [3.8, 4) is 11.1 Å². The summed E-state index contributed by atoms with van der Waals surface area (Å²) in [5.41, 5.74) is 8.01. The largest absolute Gasteiger partial charge is 0.372 e. The molecule has 0 radical (unpaired) electrons. The Hall–Kier alpha value is -1.96. The lowest BCUT2D eigenvalue weighted by atomic mass is 9.95. The van der Waals surface area contributed by atoms with Gasteiger partial charge in [-0.3, -0.25) is 0 Å². The summed E-state index contributed by atoms with van der Waals surface area (Å²) >= 11 is 0. The Morgan fingerprint density at radius 2 is 0.917 bits per heavy atom. The average molecular weight is 325 g/mol. The fraction of sp³-hybridized carbons (Fsp3) is 0.455. The maximum absolute atomic E-state index is 2.40. The Balaban J connectivity index is 2.38. The summed E-state index contributed by atoms with van der Waals surface area (Å²) in [6.45, 7) is 17.5. The van der Waals surface area contributed by atoms with Crippen LogP contribution in [0.15, 0.2) is 36.4 Å². The second-order valence-electron chi connectivity index (χ2n) is 6.34. The van der Waals surface area contributed by atoms with Gasteiger partial charge >= 0.3 is 0 Å². The molecule has 0 aromatic heterocycles. The van der Waals surface area contributed by atoms with Gasteiger partial charge < -0.3 is 9.80 Å². The van der Waals surface area contributed by atoms with Crippen LogP contribution in [0.3, 0.4) is 0 Å². The Kier molecular flexibility index (Phi) is 6.30. The number of rotatable bonds is 7. The number of hydrogen-bond donors (Lipinski definition) is 0. The van der Waals surface area contributed by atoms with E-state index in [4.69, 9.17) is 0 Å². The van der Waals surface area contributed by atoms with Crippen LogP contribution in [0.4, 0.5) is 11.4 Å². The molecule has 2 aromatic rings. The van der Waals surface area contributed by atoms with Crippen LogP contribution < -0.4 is 9.80 Å². The summed E-state index contributed by atoms with van der Waals surface area (Å²) in [4.78, 5) is 4.79. The maximum Gasteiger partial charge on any atom is 0.0369 e. The third kappa shape index (κ3) is 3.75. The van der Waals surface area contributed by atoms with E-state index in [0.717, 1.165) is 26.2 Å². The molecule has 0 saturated carbocycles. The summed E-state index contributed by atoms with van der Waals surface area (Å²) in [5.74, 6) is 0. The molecule has 0 atom stereocenters. The van der Waals surface area contributed by atoms with Crippen LogP contribution in [0.5, 0.6) is 0 Å². The van der Waals surface area contributed by atoms with E-state index in [1.54, 1.807) is 0 Å². The van der Waals surface area contributed by atoms with Gasteiger partial charge in [0.2, 0.25) is 0 Å². The lowest BCUT2D eigenvalue weighted by Gasteiger charge is -2.24. The summed E-state index contributed by atoms with van der Waals surface area (Å²) in [7, 11) is 0. The second kappa shape index (κ2) is 8.23. The van der Waals surface area contributed by atoms with Crippen molar-refractivity contribution in [2.45, 2.75) is 41.5 Å². The summed E-state index contributed by atoms with van der Waals surface area (Å²) in [6.07, 6.45) is 0. The van der Waals surface area contributed by atoms with Crippen molar-refractivity contribution < 1.29 is 0 Å². The molecule has 2 nitrogen and oxygen atoms in total. The first-order valence-electron chi connectivity index (χ1n) is 9.27. The lowest BCUT2D eigenvalue weighted by molar-refractivity contribution is 0.865. The van der Waals surface area contributed by atoms with Crippen molar-refractivity contribution in [1.29, 1.82) is 0 Å². The Bertz CT molecular complexity index is 608. The summed E-state index contributed by atoms with van der Waals surface area (Å²) in [6, 6.07) is 13.7. The van der Waals surface area contributed by atoms with E-state index in [-0.39, 0.29) is 0 Å². The van der Waals surface area contributed by atoms with Crippen molar-refractivity contribution in [3.05, 3.63) is 47.5 Å². The van der Waals surface area contributed by atoms with Crippen molar-refractivity contribution in [3.63, 3.8) is 0 Å². The predicted octanol–water partition coefficient (Wildman–Crippen LogP) is 5.66. The van der Waals surface area contributed by atoms with E-state index in [2.05, 4.69) is 87.7 Å². The lowest BCUT2D eigenvalue weighted by Crippen LogP contribution is -2.22. The smallest absolute Gasteiger partial charge is 0.0369 e. The monoisotopic (exact) mass is 324 g/mol. The summed E-state index contributed by atoms with van der Waals surface area (Å²) in [5, 5.41) is 0. The van der Waals surface area contributed by atoms with E-state index >= 15 is 0 Å². The zero-order valence-corrected chi connectivity index (χ0v) is 16.2. The molecule has 0 spiro atoms. The van der Waals surface area contributed by atoms with E-state index in [0.29, 0.717) is 0 Å². The Labute approximate surface area is 148 Å². The first-order chi connectivity index (χ1) is 11.5. The topological polar surface area (TPSA) is 6.48 Å². The molecule has 0 aliphatic heterocycles. The van der Waals surface area contributed by atoms with Crippen molar-refractivity contribution in [2.24, 2.45) is 0 Å². The van der Waals surface area contributed by atoms with Crippen LogP contribution in [0, 0.1) is 13.8 Å². The zero-order chi connectivity index (χ0) is 17.7. The van der Waals surface area contributed by atoms with Crippen molar-refractivity contribution >= 4 is 11.4 Å². The van der Waals surface area contributed by atoms with Gasteiger partial charge in [-0.2, -0.15) is 0 Å². The van der Waals surface area contributed by atoms with Gasteiger partial charge in [0.15, 0.2) is 0 Å². The Morgan fingerprint density at radius 1 is 0.583 bits per heavy atom. The predicted molar refractivity (Wildman–Crippen MR) is 108 cm³/mol. The molecule has 130 valence electrons. The van der Waals surface area contributed by atoms with Gasteiger partial charge in [0.05, 0.1) is 0 Å². The second-order valence-corrected chi connectivity index (χ2v) is 6.34. The molecule has 2 heteroatoms. The molecule has 0 heterocycles. The first-order valence-corrected chi connectivity index (χ1v) is 9.27. The molecule has 24 heavy (non-hydrogen) atoms. The van der Waals surface area contributed by atoms with Gasteiger partial charge in [0, 0.05) is 37.6 Å². The van der Waals surface area contributed by atoms with E-state index in [1.807, 2.05) is 0 Å². The van der Waals surface area contributed by atoms with Crippen molar-refractivity contribution in [1.82, 2.24) is 0 Å². The first kappa shape index (κ1) is 18.4. The van der Waals surface area contributed by atoms with Crippen LogP contribution >= 0.6 is 0 Å². The molecular weight excluding hydrogens is 292 g/mol. The molecule has 0 aliphatic carbocycles. The van der Waals surface area contributed by atoms with Gasteiger partial charge in [0.1, 0.15) is 0 Å². The zero-order valence-electron chi connectivity index (χ0n) is 16.2. The van der Waals surface area contributed by atoms with Gasteiger partial charge in [-0.1, -0.05) is 12.1 Å². The fourth-order valence-corrected chi connectivity index (χ4v) is 3.47. The fourth-order valence-electron chi connectivity index (χ4n) is 3.47. The average Bonchev–Trinajstić information content (AvgIpc) is 2.58. The van der Waals surface area contributed by atoms with Crippen LogP contribution in [-0.2, 0) is 0 Å². The molecular formula is C22H32N2. The van der Waals surface area contributed by atoms with Crippen LogP contribution in [0.25, 0.3) is 11.1 Å². The third-order valence-corrected chi connectivity index (χ3v) is 4.97. The molecule has 0 unspecified atom stereocenters. The number of benzene rings is 2. The highest BCUT2D eigenvalue weighted by Crippen LogP contribution is 2.32. The third-order valence-electron chi connectivity index (χ3n) is 4.97. The molecule has 0 amide bonds. The molecule has 0 fully saturated rings. The maximum atomic E-state index is 2.40. The van der Waals surface area contributed by atoms with E-state index < -0.39 is 0 Å². The minimum atomic E-state index is 1.05. The molecule has 0 saturated heterocycles. The summed E-state index contributed by atoms with van der Waals surface area (Å²) < 4.78 is 0. The molecule has 0 bridgehead atoms. The van der Waals surface area contributed by atoms with Gasteiger partial charge in [-0.15, -0.1) is 0 Å². The molecule has 2 aromatic carbocycles. The molecule has 0 N–H and O–H groups in total. The van der Waals surface area contributed by atoms with Gasteiger partial charge in [-0.05, 0) is 88.1 Å². The minimum Gasteiger partial charge on any atom is -0.372 e. The Morgan fingerprint density at radius 3 is 1.17 bits per heavy atom. The van der Waals surface area contributed by atoms with E-state index in [1.165, 1.54) is 33.6 Å². The normalized spacial score (nSPS) is 10.8. The highest BCUT2D eigenvalue weighted by atomic mass is 15.1. The number of hydrogen-bond acceptors (Lipinski definition) is 2.